The number of nitrogens with zero attached hydrogens (tertiary/aromatic N) is 4. The van der Waals surface area contributed by atoms with Crippen molar-refractivity contribution < 1.29 is 9.90 Å². The first kappa shape index (κ1) is 27.9. The number of nitrogen functional groups attached to an aromatic ring is 1. The number of nitrogens with two attached hydrogens (primary N) is 1. The third kappa shape index (κ3) is 4.74. The maximum absolute atomic E-state index is 12.6. The van der Waals surface area contributed by atoms with Crippen LogP contribution >= 0.6 is 0 Å². The van der Waals surface area contributed by atoms with Gasteiger partial charge in [-0.2, -0.15) is 0 Å². The maximum Gasteiger partial charge on any atom is 0.336 e. The van der Waals surface area contributed by atoms with E-state index in [1.165, 1.54) is 6.42 Å². The molecule has 1 aliphatic carbocycles. The summed E-state index contributed by atoms with van der Waals surface area (Å²) in [6, 6.07) is 31.9. The number of hydrogen-bond donors (Lipinski definition) is 3. The van der Waals surface area contributed by atoms with Gasteiger partial charge in [-0.1, -0.05) is 61.7 Å². The van der Waals surface area contributed by atoms with Gasteiger partial charge >= 0.3 is 5.97 Å². The quantitative estimate of drug-likeness (QED) is 0.128. The molecule has 8 heteroatoms. The van der Waals surface area contributed by atoms with Gasteiger partial charge in [-0.15, -0.1) is 0 Å². The van der Waals surface area contributed by atoms with Gasteiger partial charge < -0.3 is 15.1 Å². The van der Waals surface area contributed by atoms with E-state index in [0.29, 0.717) is 11.1 Å². The summed E-state index contributed by atoms with van der Waals surface area (Å²) >= 11 is 0. The van der Waals surface area contributed by atoms with Gasteiger partial charge in [0.2, 0.25) is 0 Å². The molecule has 3 heterocycles. The highest BCUT2D eigenvalue weighted by atomic mass is 16.4. The number of anilines is 1. The predicted octanol–water partition coefficient (Wildman–Crippen LogP) is 8.62. The number of hydrogen-bond acceptors (Lipinski definition) is 6. The van der Waals surface area contributed by atoms with E-state index in [9.17, 15) is 9.90 Å². The van der Waals surface area contributed by atoms with Gasteiger partial charge in [-0.25, -0.2) is 14.8 Å². The van der Waals surface area contributed by atoms with E-state index in [2.05, 4.69) is 27.1 Å². The van der Waals surface area contributed by atoms with Crippen molar-refractivity contribution in [2.24, 2.45) is 5.84 Å². The molecule has 1 fully saturated rings. The second-order valence-corrected chi connectivity index (χ2v) is 12.0. The average molecular weight is 605 g/mol. The number of rotatable bonds is 6. The second-order valence-electron chi connectivity index (χ2n) is 12.0. The summed E-state index contributed by atoms with van der Waals surface area (Å²) in [5.41, 5.74) is 11.3. The van der Waals surface area contributed by atoms with E-state index < -0.39 is 5.97 Å². The van der Waals surface area contributed by atoms with Gasteiger partial charge in [-0.3, -0.25) is 10.8 Å². The Labute approximate surface area is 265 Å². The topological polar surface area (TPSA) is 119 Å². The number of aromatic carboxylic acids is 1. The number of carboxylic acid groups (broad SMARTS) is 1. The maximum atomic E-state index is 12.6. The Bertz CT molecular complexity index is 2270. The fourth-order valence-electron chi connectivity index (χ4n) is 7.02. The molecule has 46 heavy (non-hydrogen) atoms. The summed E-state index contributed by atoms with van der Waals surface area (Å²) in [6.07, 6.45) is 7.35. The summed E-state index contributed by atoms with van der Waals surface area (Å²) in [5, 5.41) is 12.2. The van der Waals surface area contributed by atoms with Crippen LogP contribution in [-0.4, -0.2) is 30.6 Å². The molecule has 8 nitrogen and oxygen atoms in total. The van der Waals surface area contributed by atoms with Crippen molar-refractivity contribution in [2.75, 3.05) is 5.43 Å². The van der Waals surface area contributed by atoms with Crippen molar-refractivity contribution in [1.82, 2.24) is 19.5 Å². The van der Waals surface area contributed by atoms with Crippen molar-refractivity contribution in [2.45, 2.75) is 38.1 Å². The lowest BCUT2D eigenvalue weighted by atomic mass is 9.94. The van der Waals surface area contributed by atoms with Crippen molar-refractivity contribution in [1.29, 1.82) is 0 Å². The number of aromatic nitrogens is 4. The van der Waals surface area contributed by atoms with Gasteiger partial charge in [0.15, 0.2) is 0 Å². The van der Waals surface area contributed by atoms with Crippen LogP contribution in [0.15, 0.2) is 103 Å². The molecule has 7 aromatic rings. The highest BCUT2D eigenvalue weighted by Crippen LogP contribution is 2.41. The summed E-state index contributed by atoms with van der Waals surface area (Å²) in [4.78, 5) is 27.4. The molecule has 226 valence electrons. The van der Waals surface area contributed by atoms with Crippen LogP contribution in [0.5, 0.6) is 0 Å². The lowest BCUT2D eigenvalue weighted by Crippen LogP contribution is -2.14. The molecular formula is C38H32N6O2. The fourth-order valence-corrected chi connectivity index (χ4v) is 7.02. The molecule has 3 aromatic heterocycles. The predicted molar refractivity (Wildman–Crippen MR) is 184 cm³/mol. The minimum Gasteiger partial charge on any atom is -0.478 e. The zero-order chi connectivity index (χ0) is 31.2. The Balaban J connectivity index is 1.37. The van der Waals surface area contributed by atoms with Crippen LogP contribution in [0.2, 0.25) is 0 Å². The largest absolute Gasteiger partial charge is 0.478 e. The molecule has 1 aliphatic rings. The highest BCUT2D eigenvalue weighted by Gasteiger charge is 2.27. The van der Waals surface area contributed by atoms with Crippen molar-refractivity contribution >= 4 is 44.5 Å². The molecule has 0 unspecified atom stereocenters. The van der Waals surface area contributed by atoms with Crippen LogP contribution in [0.3, 0.4) is 0 Å². The molecule has 0 atom stereocenters. The van der Waals surface area contributed by atoms with Crippen LogP contribution in [-0.2, 0) is 0 Å². The Morgan fingerprint density at radius 3 is 2.41 bits per heavy atom. The summed E-state index contributed by atoms with van der Waals surface area (Å²) in [6.45, 7) is 0. The number of carbonyl (C=O) groups is 1. The van der Waals surface area contributed by atoms with Crippen molar-refractivity contribution in [3.8, 4) is 33.8 Å². The van der Waals surface area contributed by atoms with E-state index in [1.54, 1.807) is 12.3 Å². The summed E-state index contributed by atoms with van der Waals surface area (Å²) in [7, 11) is 0. The first-order valence-electron chi connectivity index (χ1n) is 15.7. The number of benzene rings is 4. The van der Waals surface area contributed by atoms with Crippen molar-refractivity contribution in [3.05, 3.63) is 109 Å². The molecule has 0 spiro atoms. The first-order chi connectivity index (χ1) is 22.6. The van der Waals surface area contributed by atoms with Gasteiger partial charge in [0.25, 0.3) is 0 Å². The summed E-state index contributed by atoms with van der Waals surface area (Å²) < 4.78 is 2.34. The normalized spacial score (nSPS) is 13.8. The zero-order valence-electron chi connectivity index (χ0n) is 25.1. The number of fused-ring (bicyclic) bond motifs is 3. The van der Waals surface area contributed by atoms with Crippen LogP contribution < -0.4 is 11.3 Å². The van der Waals surface area contributed by atoms with Crippen LogP contribution in [0.1, 0.15) is 48.5 Å². The van der Waals surface area contributed by atoms with Gasteiger partial charge in [-0.05, 0) is 73.0 Å². The van der Waals surface area contributed by atoms with Crippen LogP contribution in [0.4, 0.5) is 5.69 Å². The van der Waals surface area contributed by atoms with E-state index >= 15 is 0 Å². The molecule has 8 rings (SSSR count). The average Bonchev–Trinajstić information content (AvgIpc) is 3.50. The van der Waals surface area contributed by atoms with Gasteiger partial charge in [0, 0.05) is 39.7 Å². The van der Waals surface area contributed by atoms with E-state index in [0.717, 1.165) is 86.9 Å². The molecule has 0 amide bonds. The standard InChI is InChI=1S/C38H32N6O2/c39-43-33-22-32(23-8-3-1-4-9-23)41-31-17-14-26(21-29(31)33)37-42-36-34(44(37)27-11-5-2-6-12-27)18-15-28(38(45)46)35(36)25-13-16-30-24(20-25)10-7-19-40-30/h1,3-4,7-10,13-22,27H,2,5-6,11-12,39H2,(H,41,43)(H,45,46). The first-order valence-corrected chi connectivity index (χ1v) is 15.7. The Kier molecular flexibility index (Phi) is 6.92. The molecule has 4 aromatic carbocycles. The molecule has 0 saturated heterocycles. The molecular weight excluding hydrogens is 572 g/mol. The van der Waals surface area contributed by atoms with Crippen LogP contribution in [0, 0.1) is 0 Å². The Morgan fingerprint density at radius 2 is 1.61 bits per heavy atom. The number of imidazole rings is 1. The monoisotopic (exact) mass is 604 g/mol. The van der Waals surface area contributed by atoms with Gasteiger partial charge in [0.1, 0.15) is 5.82 Å². The SMILES string of the molecule is NNc1cc(-c2ccccc2)nc2ccc(-c3nc4c(-c5ccc6ncccc6c5)c(C(=O)O)ccc4n3C3CCCCC3)cc12. The van der Waals surface area contributed by atoms with E-state index in [-0.39, 0.29) is 11.6 Å². The summed E-state index contributed by atoms with van der Waals surface area (Å²) in [5.74, 6) is 5.90. The molecule has 0 radical (unpaired) electrons. The lowest BCUT2D eigenvalue weighted by Gasteiger charge is -2.26. The number of hydrazine groups is 1. The molecule has 0 bridgehead atoms. The Morgan fingerprint density at radius 1 is 0.804 bits per heavy atom. The zero-order valence-corrected chi connectivity index (χ0v) is 25.1. The number of pyridine rings is 2. The smallest absolute Gasteiger partial charge is 0.336 e. The van der Waals surface area contributed by atoms with E-state index in [1.807, 2.05) is 78.9 Å². The third-order valence-electron chi connectivity index (χ3n) is 9.22. The fraction of sp³-hybridized carbons (Fsp3) is 0.158. The Hall–Kier alpha value is -5.60. The molecule has 1 saturated carbocycles. The van der Waals surface area contributed by atoms with Crippen molar-refractivity contribution in [3.63, 3.8) is 0 Å². The minimum atomic E-state index is -0.985. The number of nitrogens with one attached hydrogen (secondary N) is 1. The van der Waals surface area contributed by atoms with Crippen LogP contribution in [0.25, 0.3) is 66.6 Å². The second kappa shape index (κ2) is 11.4. The van der Waals surface area contributed by atoms with E-state index in [4.69, 9.17) is 15.8 Å². The number of carboxylic acids is 1. The third-order valence-corrected chi connectivity index (χ3v) is 9.22. The lowest BCUT2D eigenvalue weighted by molar-refractivity contribution is 0.0698. The van der Waals surface area contributed by atoms with Gasteiger partial charge in [0.05, 0.1) is 39.0 Å². The minimum absolute atomic E-state index is 0.223. The molecule has 4 N–H and O–H groups in total. The molecule has 0 aliphatic heterocycles. The highest BCUT2D eigenvalue weighted by molar-refractivity contribution is 6.07.